The zero-order valence-electron chi connectivity index (χ0n) is 9.51. The molecule has 0 aliphatic heterocycles. The van der Waals surface area contributed by atoms with Crippen LogP contribution in [0.15, 0.2) is 18.2 Å². The van der Waals surface area contributed by atoms with Gasteiger partial charge in [0.25, 0.3) is 0 Å². The van der Waals surface area contributed by atoms with E-state index in [0.29, 0.717) is 24.0 Å². The molecule has 0 heterocycles. The van der Waals surface area contributed by atoms with Gasteiger partial charge in [-0.2, -0.15) is 0 Å². The van der Waals surface area contributed by atoms with Crippen LogP contribution in [0.25, 0.3) is 0 Å². The molecule has 1 rings (SSSR count). The minimum atomic E-state index is -0.329. The number of hydrogen-bond donors (Lipinski definition) is 0. The summed E-state index contributed by atoms with van der Waals surface area (Å²) in [6, 6.07) is 5.41. The third kappa shape index (κ3) is 3.62. The fourth-order valence-electron chi connectivity index (χ4n) is 1.52. The lowest BCUT2D eigenvalue weighted by Gasteiger charge is -2.25. The first-order valence-electron chi connectivity index (χ1n) is 5.29. The highest BCUT2D eigenvalue weighted by Crippen LogP contribution is 2.19. The van der Waals surface area contributed by atoms with E-state index < -0.39 is 0 Å². The van der Waals surface area contributed by atoms with Crippen molar-refractivity contribution in [3.05, 3.63) is 34.6 Å². The van der Waals surface area contributed by atoms with Gasteiger partial charge in [0.15, 0.2) is 0 Å². The van der Waals surface area contributed by atoms with Gasteiger partial charge in [0.1, 0.15) is 5.82 Å². The molecule has 16 heavy (non-hydrogen) atoms. The molecule has 0 spiro atoms. The van der Waals surface area contributed by atoms with Gasteiger partial charge < -0.3 is 0 Å². The predicted octanol–water partition coefficient (Wildman–Crippen LogP) is 3.93. The van der Waals surface area contributed by atoms with Gasteiger partial charge in [0, 0.05) is 30.6 Å². The first-order chi connectivity index (χ1) is 7.56. The van der Waals surface area contributed by atoms with Crippen molar-refractivity contribution < 1.29 is 4.39 Å². The summed E-state index contributed by atoms with van der Waals surface area (Å²) in [5.41, 5.74) is 0.617. The van der Waals surface area contributed by atoms with Crippen molar-refractivity contribution in [2.24, 2.45) is 0 Å². The van der Waals surface area contributed by atoms with Crippen LogP contribution in [-0.2, 0) is 6.54 Å². The summed E-state index contributed by atoms with van der Waals surface area (Å²) in [5, 5.41) is 0.173. The molecule has 0 fully saturated rings. The Hall–Kier alpha value is -0.310. The Morgan fingerprint density at radius 2 is 2.06 bits per heavy atom. The van der Waals surface area contributed by atoms with Crippen molar-refractivity contribution >= 4 is 23.2 Å². The number of benzene rings is 1. The Bertz CT molecular complexity index is 342. The van der Waals surface area contributed by atoms with E-state index in [1.807, 2.05) is 0 Å². The molecule has 1 aromatic rings. The highest BCUT2D eigenvalue weighted by Gasteiger charge is 2.13. The molecule has 90 valence electrons. The van der Waals surface area contributed by atoms with Gasteiger partial charge in [-0.1, -0.05) is 23.7 Å². The fraction of sp³-hybridized carbons (Fsp3) is 0.500. The Balaban J connectivity index is 2.81. The molecule has 0 bridgehead atoms. The fourth-order valence-corrected chi connectivity index (χ4v) is 1.93. The summed E-state index contributed by atoms with van der Waals surface area (Å²) >= 11 is 11.5. The van der Waals surface area contributed by atoms with Gasteiger partial charge in [0.05, 0.1) is 5.02 Å². The Morgan fingerprint density at radius 1 is 1.38 bits per heavy atom. The van der Waals surface area contributed by atoms with Gasteiger partial charge in [-0.3, -0.25) is 4.90 Å². The SMILES string of the molecule is CC(C)N(CCCl)Cc1cccc(Cl)c1F. The van der Waals surface area contributed by atoms with E-state index in [9.17, 15) is 4.39 Å². The quantitative estimate of drug-likeness (QED) is 0.728. The molecule has 0 radical (unpaired) electrons. The third-order valence-corrected chi connectivity index (χ3v) is 2.97. The average molecular weight is 264 g/mol. The molecular weight excluding hydrogens is 248 g/mol. The topological polar surface area (TPSA) is 3.24 Å². The van der Waals surface area contributed by atoms with Crippen LogP contribution in [0.3, 0.4) is 0 Å². The minimum Gasteiger partial charge on any atom is -0.295 e. The van der Waals surface area contributed by atoms with Crippen LogP contribution in [0.5, 0.6) is 0 Å². The Morgan fingerprint density at radius 3 is 2.62 bits per heavy atom. The highest BCUT2D eigenvalue weighted by molar-refractivity contribution is 6.30. The van der Waals surface area contributed by atoms with E-state index in [1.165, 1.54) is 0 Å². The van der Waals surface area contributed by atoms with Gasteiger partial charge in [-0.25, -0.2) is 4.39 Å². The average Bonchev–Trinajstić information content (AvgIpc) is 2.23. The molecule has 1 nitrogen and oxygen atoms in total. The maximum Gasteiger partial charge on any atom is 0.146 e. The molecule has 1 aromatic carbocycles. The van der Waals surface area contributed by atoms with E-state index in [1.54, 1.807) is 18.2 Å². The number of rotatable bonds is 5. The van der Waals surface area contributed by atoms with Crippen molar-refractivity contribution in [2.45, 2.75) is 26.4 Å². The van der Waals surface area contributed by atoms with Crippen LogP contribution in [0, 0.1) is 5.82 Å². The normalized spacial score (nSPS) is 11.4. The van der Waals surface area contributed by atoms with Crippen molar-refractivity contribution in [3.63, 3.8) is 0 Å². The molecule has 0 atom stereocenters. The molecule has 0 aliphatic carbocycles. The van der Waals surface area contributed by atoms with Gasteiger partial charge >= 0.3 is 0 Å². The Labute approximate surface area is 106 Å². The molecule has 0 saturated carbocycles. The highest BCUT2D eigenvalue weighted by atomic mass is 35.5. The van der Waals surface area contributed by atoms with Crippen LogP contribution in [0.1, 0.15) is 19.4 Å². The minimum absolute atomic E-state index is 0.173. The number of hydrogen-bond acceptors (Lipinski definition) is 1. The molecule has 0 N–H and O–H groups in total. The van der Waals surface area contributed by atoms with Crippen LogP contribution in [-0.4, -0.2) is 23.4 Å². The second-order valence-electron chi connectivity index (χ2n) is 3.97. The smallest absolute Gasteiger partial charge is 0.146 e. The van der Waals surface area contributed by atoms with Gasteiger partial charge in [-0.05, 0) is 19.9 Å². The Kier molecular flexibility index (Phi) is 5.53. The summed E-state index contributed by atoms with van der Waals surface area (Å²) in [6.07, 6.45) is 0. The molecule has 0 saturated heterocycles. The maximum absolute atomic E-state index is 13.7. The largest absolute Gasteiger partial charge is 0.295 e. The van der Waals surface area contributed by atoms with E-state index in [2.05, 4.69) is 18.7 Å². The first-order valence-corrected chi connectivity index (χ1v) is 6.20. The predicted molar refractivity (Wildman–Crippen MR) is 67.7 cm³/mol. The van der Waals surface area contributed by atoms with Crippen molar-refractivity contribution in [1.29, 1.82) is 0 Å². The van der Waals surface area contributed by atoms with Crippen LogP contribution < -0.4 is 0 Å². The van der Waals surface area contributed by atoms with Crippen LogP contribution in [0.4, 0.5) is 4.39 Å². The van der Waals surface area contributed by atoms with E-state index in [0.717, 1.165) is 6.54 Å². The second-order valence-corrected chi connectivity index (χ2v) is 4.75. The van der Waals surface area contributed by atoms with Gasteiger partial charge in [0.2, 0.25) is 0 Å². The van der Waals surface area contributed by atoms with E-state index >= 15 is 0 Å². The van der Waals surface area contributed by atoms with Crippen molar-refractivity contribution in [3.8, 4) is 0 Å². The summed E-state index contributed by atoms with van der Waals surface area (Å²) in [7, 11) is 0. The zero-order chi connectivity index (χ0) is 12.1. The molecular formula is C12H16Cl2FN. The lowest BCUT2D eigenvalue weighted by atomic mass is 10.2. The lowest BCUT2D eigenvalue weighted by molar-refractivity contribution is 0.223. The van der Waals surface area contributed by atoms with E-state index in [-0.39, 0.29) is 10.8 Å². The third-order valence-electron chi connectivity index (χ3n) is 2.51. The molecule has 4 heteroatoms. The number of nitrogens with zero attached hydrogens (tertiary/aromatic N) is 1. The lowest BCUT2D eigenvalue weighted by Crippen LogP contribution is -2.32. The molecule has 0 aliphatic rings. The molecule has 0 aromatic heterocycles. The monoisotopic (exact) mass is 263 g/mol. The summed E-state index contributed by atoms with van der Waals surface area (Å²) in [5.74, 6) is 0.213. The number of halogens is 3. The van der Waals surface area contributed by atoms with Crippen LogP contribution in [0.2, 0.25) is 5.02 Å². The summed E-state index contributed by atoms with van der Waals surface area (Å²) < 4.78 is 13.7. The summed E-state index contributed by atoms with van der Waals surface area (Å²) in [6.45, 7) is 5.41. The summed E-state index contributed by atoms with van der Waals surface area (Å²) in [4.78, 5) is 2.11. The molecule has 0 unspecified atom stereocenters. The van der Waals surface area contributed by atoms with Gasteiger partial charge in [-0.15, -0.1) is 11.6 Å². The maximum atomic E-state index is 13.7. The van der Waals surface area contributed by atoms with E-state index in [4.69, 9.17) is 23.2 Å². The van der Waals surface area contributed by atoms with Crippen molar-refractivity contribution in [2.75, 3.05) is 12.4 Å². The first kappa shape index (κ1) is 13.8. The zero-order valence-corrected chi connectivity index (χ0v) is 11.0. The molecule has 0 amide bonds. The van der Waals surface area contributed by atoms with Crippen LogP contribution >= 0.6 is 23.2 Å². The number of alkyl halides is 1. The standard InChI is InChI=1S/C12H16Cl2FN/c1-9(2)16(7-6-13)8-10-4-3-5-11(14)12(10)15/h3-5,9H,6-8H2,1-2H3. The second kappa shape index (κ2) is 6.43. The van der Waals surface area contributed by atoms with Crippen molar-refractivity contribution in [1.82, 2.24) is 4.90 Å².